The molecule has 1 atom stereocenters. The predicted molar refractivity (Wildman–Crippen MR) is 71.7 cm³/mol. The van der Waals surface area contributed by atoms with Crippen molar-refractivity contribution < 1.29 is 19.4 Å². The van der Waals surface area contributed by atoms with E-state index in [0.29, 0.717) is 12.1 Å². The monoisotopic (exact) mass is 278 g/mol. The Bertz CT molecular complexity index is 480. The number of nitrogens with zero attached hydrogens (tertiary/aromatic N) is 2. The van der Waals surface area contributed by atoms with Gasteiger partial charge in [0, 0.05) is 26.4 Å². The molecule has 1 amide bonds. The Morgan fingerprint density at radius 1 is 1.45 bits per heavy atom. The van der Waals surface area contributed by atoms with E-state index in [0.717, 1.165) is 25.9 Å². The van der Waals surface area contributed by atoms with E-state index in [4.69, 9.17) is 9.84 Å². The van der Waals surface area contributed by atoms with E-state index >= 15 is 0 Å². The van der Waals surface area contributed by atoms with E-state index in [9.17, 15) is 9.59 Å². The van der Waals surface area contributed by atoms with Crippen LogP contribution in [0.5, 0.6) is 0 Å². The molecule has 1 aromatic heterocycles. The smallest absolute Gasteiger partial charge is 0.354 e. The molecule has 1 N–H and O–H groups in total. The molecule has 1 aliphatic heterocycles. The first-order valence-corrected chi connectivity index (χ1v) is 6.64. The van der Waals surface area contributed by atoms with Crippen molar-refractivity contribution in [2.75, 3.05) is 20.2 Å². The molecule has 1 unspecified atom stereocenters. The van der Waals surface area contributed by atoms with Gasteiger partial charge in [0.15, 0.2) is 0 Å². The van der Waals surface area contributed by atoms with Gasteiger partial charge in [-0.15, -0.1) is 0 Å². The van der Waals surface area contributed by atoms with Crippen molar-refractivity contribution in [2.24, 2.45) is 0 Å². The number of ether oxygens (including phenoxy) is 1. The molecule has 0 saturated carbocycles. The highest BCUT2D eigenvalue weighted by molar-refractivity contribution is 5.94. The summed E-state index contributed by atoms with van der Waals surface area (Å²) >= 11 is 0. The number of amides is 1. The first kappa shape index (κ1) is 14.5. The number of carboxylic acid groups (broad SMARTS) is 1. The second-order valence-electron chi connectivity index (χ2n) is 4.91. The maximum atomic E-state index is 12.2. The van der Waals surface area contributed by atoms with Crippen LogP contribution in [-0.2, 0) is 4.74 Å². The van der Waals surface area contributed by atoms with Crippen LogP contribution in [0.25, 0.3) is 0 Å². The van der Waals surface area contributed by atoms with Gasteiger partial charge in [-0.2, -0.15) is 0 Å². The fourth-order valence-electron chi connectivity index (χ4n) is 2.21. The molecule has 1 saturated heterocycles. The van der Waals surface area contributed by atoms with E-state index in [1.165, 1.54) is 18.3 Å². The Balaban J connectivity index is 1.96. The van der Waals surface area contributed by atoms with E-state index in [1.807, 2.05) is 0 Å². The third-order valence-corrected chi connectivity index (χ3v) is 3.33. The lowest BCUT2D eigenvalue weighted by atomic mass is 10.1. The molecule has 1 aliphatic rings. The molecule has 0 aromatic carbocycles. The van der Waals surface area contributed by atoms with Crippen LogP contribution in [0.4, 0.5) is 0 Å². The lowest BCUT2D eigenvalue weighted by Gasteiger charge is -2.27. The van der Waals surface area contributed by atoms with Crippen LogP contribution in [0.3, 0.4) is 0 Å². The molecule has 6 heteroatoms. The zero-order chi connectivity index (χ0) is 14.5. The summed E-state index contributed by atoms with van der Waals surface area (Å²) in [5, 5.41) is 8.77. The number of aromatic carboxylic acids is 1. The Morgan fingerprint density at radius 3 is 2.80 bits per heavy atom. The lowest BCUT2D eigenvalue weighted by Crippen LogP contribution is -2.37. The standard InChI is InChI=1S/C14H18N2O4/c1-16(9-11-4-2-3-7-20-11)13(17)10-5-6-12(14(18)19)15-8-10/h5-6,8,11H,2-4,7,9H2,1H3,(H,18,19). The lowest BCUT2D eigenvalue weighted by molar-refractivity contribution is -0.000195. The van der Waals surface area contributed by atoms with E-state index in [1.54, 1.807) is 11.9 Å². The summed E-state index contributed by atoms with van der Waals surface area (Å²) in [5.74, 6) is -1.28. The minimum Gasteiger partial charge on any atom is -0.477 e. The first-order chi connectivity index (χ1) is 9.58. The van der Waals surface area contributed by atoms with Crippen LogP contribution >= 0.6 is 0 Å². The fraction of sp³-hybridized carbons (Fsp3) is 0.500. The quantitative estimate of drug-likeness (QED) is 0.901. The van der Waals surface area contributed by atoms with Crippen LogP contribution in [-0.4, -0.2) is 53.2 Å². The van der Waals surface area contributed by atoms with Gasteiger partial charge in [0.2, 0.25) is 0 Å². The Hall–Kier alpha value is -1.95. The van der Waals surface area contributed by atoms with Gasteiger partial charge < -0.3 is 14.7 Å². The number of aromatic nitrogens is 1. The molecule has 0 radical (unpaired) electrons. The normalized spacial score (nSPS) is 18.6. The molecule has 2 heterocycles. The third kappa shape index (κ3) is 3.54. The van der Waals surface area contributed by atoms with Gasteiger partial charge in [-0.1, -0.05) is 0 Å². The number of carboxylic acids is 1. The molecule has 0 aliphatic carbocycles. The van der Waals surface area contributed by atoms with Crippen LogP contribution < -0.4 is 0 Å². The van der Waals surface area contributed by atoms with Crippen LogP contribution in [0.2, 0.25) is 0 Å². The van der Waals surface area contributed by atoms with Gasteiger partial charge >= 0.3 is 5.97 Å². The number of hydrogen-bond acceptors (Lipinski definition) is 4. The molecule has 108 valence electrons. The van der Waals surface area contributed by atoms with Gasteiger partial charge in [0.05, 0.1) is 11.7 Å². The van der Waals surface area contributed by atoms with Gasteiger partial charge in [-0.3, -0.25) is 4.79 Å². The van der Waals surface area contributed by atoms with Crippen molar-refractivity contribution in [1.82, 2.24) is 9.88 Å². The highest BCUT2D eigenvalue weighted by atomic mass is 16.5. The Morgan fingerprint density at radius 2 is 2.25 bits per heavy atom. The molecule has 1 aromatic rings. The zero-order valence-corrected chi connectivity index (χ0v) is 11.4. The minimum atomic E-state index is -1.10. The maximum Gasteiger partial charge on any atom is 0.354 e. The fourth-order valence-corrected chi connectivity index (χ4v) is 2.21. The van der Waals surface area contributed by atoms with Crippen molar-refractivity contribution in [1.29, 1.82) is 0 Å². The SMILES string of the molecule is CN(CC1CCCCO1)C(=O)c1ccc(C(=O)O)nc1. The summed E-state index contributed by atoms with van der Waals surface area (Å²) in [6.45, 7) is 1.29. The van der Waals surface area contributed by atoms with E-state index in [-0.39, 0.29) is 17.7 Å². The topological polar surface area (TPSA) is 79.7 Å². The van der Waals surface area contributed by atoms with Crippen molar-refractivity contribution in [3.63, 3.8) is 0 Å². The number of hydrogen-bond donors (Lipinski definition) is 1. The van der Waals surface area contributed by atoms with Gasteiger partial charge in [-0.25, -0.2) is 9.78 Å². The molecule has 1 fully saturated rings. The van der Waals surface area contributed by atoms with Gasteiger partial charge in [-0.05, 0) is 31.4 Å². The Labute approximate surface area is 117 Å². The average Bonchev–Trinajstić information content (AvgIpc) is 2.47. The molecular weight excluding hydrogens is 260 g/mol. The summed E-state index contributed by atoms with van der Waals surface area (Å²) in [4.78, 5) is 28.2. The average molecular weight is 278 g/mol. The molecule has 0 bridgehead atoms. The van der Waals surface area contributed by atoms with Gasteiger partial charge in [0.1, 0.15) is 5.69 Å². The van der Waals surface area contributed by atoms with Crippen LogP contribution in [0.1, 0.15) is 40.1 Å². The number of carbonyl (C=O) groups excluding carboxylic acids is 1. The summed E-state index contributed by atoms with van der Waals surface area (Å²) < 4.78 is 5.60. The molecule has 20 heavy (non-hydrogen) atoms. The largest absolute Gasteiger partial charge is 0.477 e. The second-order valence-corrected chi connectivity index (χ2v) is 4.91. The number of rotatable bonds is 4. The maximum absolute atomic E-state index is 12.2. The highest BCUT2D eigenvalue weighted by Crippen LogP contribution is 2.14. The number of likely N-dealkylation sites (N-methyl/N-ethyl adjacent to an activating group) is 1. The second kappa shape index (κ2) is 6.47. The first-order valence-electron chi connectivity index (χ1n) is 6.64. The van der Waals surface area contributed by atoms with E-state index < -0.39 is 5.97 Å². The van der Waals surface area contributed by atoms with Crippen molar-refractivity contribution in [2.45, 2.75) is 25.4 Å². The molecule has 6 nitrogen and oxygen atoms in total. The molecule has 2 rings (SSSR count). The van der Waals surface area contributed by atoms with Crippen molar-refractivity contribution in [3.05, 3.63) is 29.6 Å². The summed E-state index contributed by atoms with van der Waals surface area (Å²) in [5.41, 5.74) is 0.313. The molecular formula is C14H18N2O4. The van der Waals surface area contributed by atoms with Crippen LogP contribution in [0, 0.1) is 0 Å². The number of pyridine rings is 1. The van der Waals surface area contributed by atoms with Crippen LogP contribution in [0.15, 0.2) is 18.3 Å². The summed E-state index contributed by atoms with van der Waals surface area (Å²) in [7, 11) is 1.71. The summed E-state index contributed by atoms with van der Waals surface area (Å²) in [6, 6.07) is 2.82. The van der Waals surface area contributed by atoms with Gasteiger partial charge in [0.25, 0.3) is 5.91 Å². The minimum absolute atomic E-state index is 0.0696. The van der Waals surface area contributed by atoms with Crippen molar-refractivity contribution >= 4 is 11.9 Å². The zero-order valence-electron chi connectivity index (χ0n) is 11.4. The van der Waals surface area contributed by atoms with Crippen molar-refractivity contribution in [3.8, 4) is 0 Å². The highest BCUT2D eigenvalue weighted by Gasteiger charge is 2.20. The number of carbonyl (C=O) groups is 2. The summed E-state index contributed by atoms with van der Waals surface area (Å²) in [6.07, 6.45) is 4.55. The molecule has 0 spiro atoms. The Kier molecular flexibility index (Phi) is 4.68. The predicted octanol–water partition coefficient (Wildman–Crippen LogP) is 1.42. The third-order valence-electron chi connectivity index (χ3n) is 3.33. The van der Waals surface area contributed by atoms with E-state index in [2.05, 4.69) is 4.98 Å².